The van der Waals surface area contributed by atoms with Gasteiger partial charge in [-0.2, -0.15) is 0 Å². The van der Waals surface area contributed by atoms with Crippen LogP contribution in [0.5, 0.6) is 0 Å². The summed E-state index contributed by atoms with van der Waals surface area (Å²) in [4.78, 5) is 4.60. The molecule has 0 aliphatic carbocycles. The quantitative estimate of drug-likeness (QED) is 0.283. The molecule has 0 aromatic heterocycles. The van der Waals surface area contributed by atoms with E-state index in [9.17, 15) is 0 Å². The molecule has 0 amide bonds. The van der Waals surface area contributed by atoms with Crippen LogP contribution in [0.4, 0.5) is 0 Å². The number of hydrogen-bond donors (Lipinski definition) is 0. The lowest BCUT2D eigenvalue weighted by Crippen LogP contribution is -2.17. The molecule has 0 saturated carbocycles. The Kier molecular flexibility index (Phi) is 10.3. The van der Waals surface area contributed by atoms with Crippen molar-refractivity contribution in [2.45, 2.75) is 103 Å². The zero-order valence-electron chi connectivity index (χ0n) is 15.2. The summed E-state index contributed by atoms with van der Waals surface area (Å²) in [6.07, 6.45) is 20.4. The first kappa shape index (κ1) is 19.3. The van der Waals surface area contributed by atoms with Crippen molar-refractivity contribution in [3.63, 3.8) is 0 Å². The first-order chi connectivity index (χ1) is 10.6. The summed E-state index contributed by atoms with van der Waals surface area (Å²) < 4.78 is 5.62. The van der Waals surface area contributed by atoms with E-state index in [0.29, 0.717) is 0 Å². The van der Waals surface area contributed by atoms with Crippen molar-refractivity contribution in [2.75, 3.05) is 6.61 Å². The van der Waals surface area contributed by atoms with Crippen molar-refractivity contribution in [1.82, 2.24) is 0 Å². The second kappa shape index (κ2) is 11.7. The topological polar surface area (TPSA) is 21.6 Å². The van der Waals surface area contributed by atoms with Gasteiger partial charge >= 0.3 is 0 Å². The van der Waals surface area contributed by atoms with E-state index in [1.807, 2.05) is 0 Å². The average molecular weight is 308 g/mol. The second-order valence-corrected chi connectivity index (χ2v) is 7.23. The van der Waals surface area contributed by atoms with Gasteiger partial charge in [0.25, 0.3) is 0 Å². The summed E-state index contributed by atoms with van der Waals surface area (Å²) in [5.41, 5.74) is 0.0133. The smallest absolute Gasteiger partial charge is 0.183 e. The number of unbranched alkanes of at least 4 members (excludes halogenated alkanes) is 9. The van der Waals surface area contributed by atoms with Crippen LogP contribution in [0.1, 0.15) is 97.8 Å². The molecule has 1 aliphatic rings. The number of hydrogen-bond acceptors (Lipinski definition) is 2. The standard InChI is InChI=1S/C20H37NO/c1-4-5-6-7-8-9-10-11-12-13-14-15-16-17-19-21-20(2,3)18-22-19/h8-9H,4-7,10-18H2,1-3H3/b9-8-. The van der Waals surface area contributed by atoms with E-state index < -0.39 is 0 Å². The second-order valence-electron chi connectivity index (χ2n) is 7.23. The van der Waals surface area contributed by atoms with Crippen LogP contribution in [0.15, 0.2) is 17.1 Å². The highest BCUT2D eigenvalue weighted by atomic mass is 16.5. The van der Waals surface area contributed by atoms with Crippen molar-refractivity contribution in [1.29, 1.82) is 0 Å². The normalized spacial score (nSPS) is 17.0. The van der Waals surface area contributed by atoms with Gasteiger partial charge in [-0.3, -0.25) is 0 Å². The van der Waals surface area contributed by atoms with Crippen LogP contribution >= 0.6 is 0 Å². The molecule has 1 aliphatic heterocycles. The number of aliphatic imine (C=N–C) groups is 1. The van der Waals surface area contributed by atoms with Crippen molar-refractivity contribution in [3.05, 3.63) is 12.2 Å². The zero-order valence-corrected chi connectivity index (χ0v) is 15.2. The van der Waals surface area contributed by atoms with Crippen LogP contribution < -0.4 is 0 Å². The Balaban J connectivity index is 1.82. The summed E-state index contributed by atoms with van der Waals surface area (Å²) in [6, 6.07) is 0. The summed E-state index contributed by atoms with van der Waals surface area (Å²) >= 11 is 0. The first-order valence-electron chi connectivity index (χ1n) is 9.50. The van der Waals surface area contributed by atoms with E-state index in [2.05, 4.69) is 37.9 Å². The predicted molar refractivity (Wildman–Crippen MR) is 97.7 cm³/mol. The molecule has 0 radical (unpaired) electrons. The summed E-state index contributed by atoms with van der Waals surface area (Å²) in [5, 5.41) is 0. The van der Waals surface area contributed by atoms with Crippen molar-refractivity contribution >= 4 is 5.90 Å². The fourth-order valence-corrected chi connectivity index (χ4v) is 2.78. The van der Waals surface area contributed by atoms with Gasteiger partial charge in [-0.1, -0.05) is 57.6 Å². The molecule has 0 aromatic rings. The molecule has 22 heavy (non-hydrogen) atoms. The summed E-state index contributed by atoms with van der Waals surface area (Å²) in [5.74, 6) is 0.984. The van der Waals surface area contributed by atoms with Gasteiger partial charge in [0.1, 0.15) is 6.61 Å². The molecule has 0 unspecified atom stereocenters. The number of nitrogens with zero attached hydrogens (tertiary/aromatic N) is 1. The zero-order chi connectivity index (χ0) is 16.1. The van der Waals surface area contributed by atoms with Crippen LogP contribution in [0.3, 0.4) is 0 Å². The fourth-order valence-electron chi connectivity index (χ4n) is 2.78. The molecule has 0 spiro atoms. The Hall–Kier alpha value is -0.790. The van der Waals surface area contributed by atoms with Crippen LogP contribution in [0.25, 0.3) is 0 Å². The molecule has 1 rings (SSSR count). The molecular formula is C20H37NO. The van der Waals surface area contributed by atoms with E-state index in [-0.39, 0.29) is 5.54 Å². The van der Waals surface area contributed by atoms with Crippen LogP contribution in [0, 0.1) is 0 Å². The third-order valence-electron chi connectivity index (χ3n) is 4.17. The Morgan fingerprint density at radius 1 is 0.909 bits per heavy atom. The molecule has 128 valence electrons. The van der Waals surface area contributed by atoms with E-state index in [0.717, 1.165) is 18.9 Å². The maximum absolute atomic E-state index is 5.62. The maximum atomic E-state index is 5.62. The molecule has 0 saturated heterocycles. The van der Waals surface area contributed by atoms with Crippen LogP contribution in [-0.2, 0) is 4.74 Å². The Labute approximate surface area is 138 Å². The first-order valence-corrected chi connectivity index (χ1v) is 9.50. The van der Waals surface area contributed by atoms with E-state index in [1.165, 1.54) is 70.6 Å². The highest BCUT2D eigenvalue weighted by Crippen LogP contribution is 2.19. The molecule has 0 N–H and O–H groups in total. The maximum Gasteiger partial charge on any atom is 0.183 e. The molecule has 0 aromatic carbocycles. The molecule has 2 heteroatoms. The highest BCUT2D eigenvalue weighted by molar-refractivity contribution is 5.78. The minimum absolute atomic E-state index is 0.0133. The van der Waals surface area contributed by atoms with E-state index in [1.54, 1.807) is 0 Å². The highest BCUT2D eigenvalue weighted by Gasteiger charge is 2.25. The van der Waals surface area contributed by atoms with Gasteiger partial charge in [-0.05, 0) is 46.0 Å². The average Bonchev–Trinajstić information content (AvgIpc) is 2.83. The van der Waals surface area contributed by atoms with Crippen molar-refractivity contribution < 1.29 is 4.74 Å². The fraction of sp³-hybridized carbons (Fsp3) is 0.850. The van der Waals surface area contributed by atoms with Gasteiger partial charge in [-0.25, -0.2) is 4.99 Å². The van der Waals surface area contributed by atoms with Crippen molar-refractivity contribution in [2.24, 2.45) is 4.99 Å². The van der Waals surface area contributed by atoms with E-state index in [4.69, 9.17) is 4.74 Å². The van der Waals surface area contributed by atoms with Gasteiger partial charge in [-0.15, -0.1) is 0 Å². The predicted octanol–water partition coefficient (Wildman–Crippen LogP) is 6.45. The molecule has 2 nitrogen and oxygen atoms in total. The minimum Gasteiger partial charge on any atom is -0.478 e. The van der Waals surface area contributed by atoms with Gasteiger partial charge in [0.05, 0.1) is 5.54 Å². The lowest BCUT2D eigenvalue weighted by Gasteiger charge is -2.07. The van der Waals surface area contributed by atoms with Gasteiger partial charge in [0.15, 0.2) is 5.90 Å². The molecular weight excluding hydrogens is 270 g/mol. The SMILES string of the molecule is CCCCC/C=C\CCCCCCCCC1=NC(C)(C)CO1. The van der Waals surface area contributed by atoms with Crippen molar-refractivity contribution in [3.8, 4) is 0 Å². The molecule has 0 bridgehead atoms. The summed E-state index contributed by atoms with van der Waals surface area (Å²) in [6.45, 7) is 7.30. The largest absolute Gasteiger partial charge is 0.478 e. The molecule has 0 atom stereocenters. The molecule has 1 heterocycles. The third-order valence-corrected chi connectivity index (χ3v) is 4.17. The monoisotopic (exact) mass is 307 g/mol. The number of allylic oxidation sites excluding steroid dienone is 2. The van der Waals surface area contributed by atoms with Gasteiger partial charge in [0, 0.05) is 6.42 Å². The van der Waals surface area contributed by atoms with Gasteiger partial charge in [0.2, 0.25) is 0 Å². The third kappa shape index (κ3) is 10.0. The molecule has 0 fully saturated rings. The Morgan fingerprint density at radius 3 is 2.09 bits per heavy atom. The minimum atomic E-state index is 0.0133. The van der Waals surface area contributed by atoms with Crippen LogP contribution in [0.2, 0.25) is 0 Å². The lowest BCUT2D eigenvalue weighted by molar-refractivity contribution is 0.273. The summed E-state index contributed by atoms with van der Waals surface area (Å²) in [7, 11) is 0. The number of ether oxygens (including phenoxy) is 1. The van der Waals surface area contributed by atoms with Crippen LogP contribution in [-0.4, -0.2) is 18.0 Å². The Bertz CT molecular complexity index is 331. The van der Waals surface area contributed by atoms with Gasteiger partial charge < -0.3 is 4.74 Å². The van der Waals surface area contributed by atoms with E-state index >= 15 is 0 Å². The lowest BCUT2D eigenvalue weighted by atomic mass is 10.1. The number of rotatable bonds is 13. The Morgan fingerprint density at radius 2 is 1.50 bits per heavy atom.